The molecule has 1 saturated heterocycles. The van der Waals surface area contributed by atoms with Crippen molar-refractivity contribution in [3.05, 3.63) is 0 Å². The molecule has 3 heteroatoms. The third-order valence-corrected chi connectivity index (χ3v) is 3.91. The third kappa shape index (κ3) is 2.03. The van der Waals surface area contributed by atoms with Crippen molar-refractivity contribution in [2.45, 2.75) is 63.6 Å². The van der Waals surface area contributed by atoms with Crippen LogP contribution in [-0.4, -0.2) is 22.8 Å². The van der Waals surface area contributed by atoms with E-state index >= 15 is 0 Å². The van der Waals surface area contributed by atoms with Crippen LogP contribution in [0.5, 0.6) is 0 Å². The number of carboxylic acids is 1. The Morgan fingerprint density at radius 2 is 2.27 bits per heavy atom. The monoisotopic (exact) mass is 212 g/mol. The first-order valence-corrected chi connectivity index (χ1v) is 6.08. The molecule has 86 valence electrons. The Morgan fingerprint density at radius 1 is 1.47 bits per heavy atom. The zero-order valence-electron chi connectivity index (χ0n) is 9.37. The van der Waals surface area contributed by atoms with Crippen molar-refractivity contribution >= 4 is 5.97 Å². The summed E-state index contributed by atoms with van der Waals surface area (Å²) in [5.74, 6) is -0.400. The fraction of sp³-hybridized carbons (Fsp3) is 0.917. The quantitative estimate of drug-likeness (QED) is 0.544. The number of fused-ring (bicyclic) bond motifs is 1. The predicted molar refractivity (Wildman–Crippen MR) is 56.7 cm³/mol. The van der Waals surface area contributed by atoms with E-state index in [1.165, 1.54) is 19.3 Å². The number of carboxylic acid groups (broad SMARTS) is 1. The molecule has 3 atom stereocenters. The van der Waals surface area contributed by atoms with Gasteiger partial charge in [0.05, 0.1) is 18.1 Å². The van der Waals surface area contributed by atoms with Gasteiger partial charge in [0, 0.05) is 5.92 Å². The standard InChI is InChI=1S/C12H20O3/c1-2-3-4-7-12-9(8-11(13)14)5-6-10(12)15-12/h9-10H,2-8H2,1H3,(H,13,14)/t9-,10-,12+/m1/s1. The minimum absolute atomic E-state index is 0.0203. The summed E-state index contributed by atoms with van der Waals surface area (Å²) in [5, 5.41) is 8.84. The van der Waals surface area contributed by atoms with E-state index in [0.717, 1.165) is 19.3 Å². The Balaban J connectivity index is 1.87. The maximum absolute atomic E-state index is 10.7. The molecule has 0 radical (unpaired) electrons. The van der Waals surface area contributed by atoms with Gasteiger partial charge in [0.25, 0.3) is 0 Å². The minimum Gasteiger partial charge on any atom is -0.481 e. The Hall–Kier alpha value is -0.570. The van der Waals surface area contributed by atoms with Gasteiger partial charge in [-0.2, -0.15) is 0 Å². The van der Waals surface area contributed by atoms with Crippen LogP contribution in [0.15, 0.2) is 0 Å². The summed E-state index contributed by atoms with van der Waals surface area (Å²) in [6.45, 7) is 2.19. The Labute approximate surface area is 90.8 Å². The van der Waals surface area contributed by atoms with Gasteiger partial charge in [0.15, 0.2) is 0 Å². The van der Waals surface area contributed by atoms with Crippen molar-refractivity contribution in [2.75, 3.05) is 0 Å². The highest BCUT2D eigenvalue weighted by Gasteiger charge is 2.64. The molecule has 1 aliphatic carbocycles. The zero-order chi connectivity index (χ0) is 10.9. The number of unbranched alkanes of at least 4 members (excludes halogenated alkanes) is 2. The molecule has 1 aliphatic heterocycles. The molecule has 0 amide bonds. The van der Waals surface area contributed by atoms with Gasteiger partial charge in [-0.25, -0.2) is 0 Å². The van der Waals surface area contributed by atoms with E-state index in [4.69, 9.17) is 9.84 Å². The van der Waals surface area contributed by atoms with Gasteiger partial charge in [-0.05, 0) is 19.3 Å². The summed E-state index contributed by atoms with van der Waals surface area (Å²) in [4.78, 5) is 10.7. The lowest BCUT2D eigenvalue weighted by molar-refractivity contribution is -0.138. The molecule has 0 aromatic carbocycles. The second-order valence-electron chi connectivity index (χ2n) is 4.89. The molecule has 1 saturated carbocycles. The van der Waals surface area contributed by atoms with Crippen LogP contribution in [0.25, 0.3) is 0 Å². The van der Waals surface area contributed by atoms with E-state index < -0.39 is 5.97 Å². The van der Waals surface area contributed by atoms with Crippen LogP contribution in [0.4, 0.5) is 0 Å². The van der Waals surface area contributed by atoms with Crippen molar-refractivity contribution in [2.24, 2.45) is 5.92 Å². The van der Waals surface area contributed by atoms with Gasteiger partial charge < -0.3 is 9.84 Å². The molecule has 0 unspecified atom stereocenters. The number of hydrogen-bond acceptors (Lipinski definition) is 2. The highest BCUT2D eigenvalue weighted by Crippen LogP contribution is 2.57. The van der Waals surface area contributed by atoms with Crippen molar-refractivity contribution in [1.29, 1.82) is 0 Å². The second kappa shape index (κ2) is 4.12. The van der Waals surface area contributed by atoms with E-state index in [-0.39, 0.29) is 11.5 Å². The summed E-state index contributed by atoms with van der Waals surface area (Å²) in [7, 11) is 0. The summed E-state index contributed by atoms with van der Waals surface area (Å²) < 4.78 is 5.74. The molecular weight excluding hydrogens is 192 g/mol. The number of ether oxygens (including phenoxy) is 1. The summed E-state index contributed by atoms with van der Waals surface area (Å²) in [5.41, 5.74) is -0.0203. The van der Waals surface area contributed by atoms with Crippen LogP contribution < -0.4 is 0 Å². The van der Waals surface area contributed by atoms with E-state index in [0.29, 0.717) is 12.5 Å². The van der Waals surface area contributed by atoms with Gasteiger partial charge in [0.1, 0.15) is 0 Å². The van der Waals surface area contributed by atoms with Gasteiger partial charge in [0.2, 0.25) is 0 Å². The zero-order valence-corrected chi connectivity index (χ0v) is 9.37. The summed E-state index contributed by atoms with van der Waals surface area (Å²) in [6.07, 6.45) is 7.50. The van der Waals surface area contributed by atoms with Crippen molar-refractivity contribution in [1.82, 2.24) is 0 Å². The van der Waals surface area contributed by atoms with E-state index in [9.17, 15) is 4.79 Å². The number of rotatable bonds is 6. The normalized spacial score (nSPS) is 37.7. The van der Waals surface area contributed by atoms with Gasteiger partial charge in [-0.15, -0.1) is 0 Å². The number of carbonyl (C=O) groups is 1. The fourth-order valence-electron chi connectivity index (χ4n) is 3.05. The number of aliphatic carboxylic acids is 1. The first-order chi connectivity index (χ1) is 7.19. The minimum atomic E-state index is -0.675. The van der Waals surface area contributed by atoms with Crippen LogP contribution >= 0.6 is 0 Å². The Kier molecular flexibility index (Phi) is 3.01. The lowest BCUT2D eigenvalue weighted by Crippen LogP contribution is -2.24. The van der Waals surface area contributed by atoms with Gasteiger partial charge in [-0.3, -0.25) is 4.79 Å². The average molecular weight is 212 g/mol. The number of hydrogen-bond donors (Lipinski definition) is 1. The molecule has 2 rings (SSSR count). The topological polar surface area (TPSA) is 49.8 Å². The first-order valence-electron chi connectivity index (χ1n) is 6.08. The SMILES string of the molecule is CCCCC[C@@]12O[C@@H]1CC[C@@H]2CC(=O)O. The first kappa shape index (κ1) is 10.9. The van der Waals surface area contributed by atoms with E-state index in [1.807, 2.05) is 0 Å². The average Bonchev–Trinajstić information content (AvgIpc) is 2.80. The molecule has 1 heterocycles. The summed E-state index contributed by atoms with van der Waals surface area (Å²) in [6, 6.07) is 0. The van der Waals surface area contributed by atoms with Crippen LogP contribution in [0.1, 0.15) is 51.9 Å². The van der Waals surface area contributed by atoms with Gasteiger partial charge in [-0.1, -0.05) is 26.2 Å². The molecule has 2 aliphatic rings. The second-order valence-corrected chi connectivity index (χ2v) is 4.89. The molecule has 2 fully saturated rings. The van der Waals surface area contributed by atoms with E-state index in [2.05, 4.69) is 6.92 Å². The third-order valence-electron chi connectivity index (χ3n) is 3.91. The fourth-order valence-corrected chi connectivity index (χ4v) is 3.05. The lowest BCUT2D eigenvalue weighted by atomic mass is 9.87. The smallest absolute Gasteiger partial charge is 0.303 e. The molecule has 0 aromatic heterocycles. The predicted octanol–water partition coefficient (Wildman–Crippen LogP) is 2.59. The van der Waals surface area contributed by atoms with Gasteiger partial charge >= 0.3 is 5.97 Å². The highest BCUT2D eigenvalue weighted by molar-refractivity contribution is 5.67. The molecular formula is C12H20O3. The lowest BCUT2D eigenvalue weighted by Gasteiger charge is -2.18. The molecule has 1 N–H and O–H groups in total. The Bertz CT molecular complexity index is 251. The molecule has 0 aromatic rings. The van der Waals surface area contributed by atoms with Crippen LogP contribution in [0.2, 0.25) is 0 Å². The van der Waals surface area contributed by atoms with Crippen molar-refractivity contribution < 1.29 is 14.6 Å². The largest absolute Gasteiger partial charge is 0.481 e. The molecule has 15 heavy (non-hydrogen) atoms. The maximum atomic E-state index is 10.7. The van der Waals surface area contributed by atoms with Crippen LogP contribution in [0, 0.1) is 5.92 Å². The molecule has 0 spiro atoms. The molecule has 3 nitrogen and oxygen atoms in total. The molecule has 0 bridgehead atoms. The van der Waals surface area contributed by atoms with Crippen molar-refractivity contribution in [3.8, 4) is 0 Å². The Morgan fingerprint density at radius 3 is 2.87 bits per heavy atom. The maximum Gasteiger partial charge on any atom is 0.303 e. The van der Waals surface area contributed by atoms with E-state index in [1.54, 1.807) is 0 Å². The van der Waals surface area contributed by atoms with Crippen molar-refractivity contribution in [3.63, 3.8) is 0 Å². The van der Waals surface area contributed by atoms with Crippen LogP contribution in [-0.2, 0) is 9.53 Å². The van der Waals surface area contributed by atoms with Crippen LogP contribution in [0.3, 0.4) is 0 Å². The highest BCUT2D eigenvalue weighted by atomic mass is 16.6. The summed E-state index contributed by atoms with van der Waals surface area (Å²) >= 11 is 0. The number of epoxide rings is 1.